The number of hydrogen-bond acceptors (Lipinski definition) is 1. The van der Waals surface area contributed by atoms with E-state index in [1.807, 2.05) is 6.92 Å². The van der Waals surface area contributed by atoms with Gasteiger partial charge in [-0.25, -0.2) is 0 Å². The van der Waals surface area contributed by atoms with E-state index in [9.17, 15) is 4.79 Å². The maximum atomic E-state index is 11.1. The molecule has 2 rings (SSSR count). The van der Waals surface area contributed by atoms with Crippen LogP contribution in [0, 0.1) is 5.92 Å². The molecule has 1 saturated carbocycles. The fourth-order valence-corrected chi connectivity index (χ4v) is 1.74. The molecular weight excluding hydrogens is 124 g/mol. The lowest BCUT2D eigenvalue weighted by Gasteiger charge is -1.96. The topological polar surface area (TPSA) is 17.1 Å². The van der Waals surface area contributed by atoms with E-state index < -0.39 is 0 Å². The molecule has 0 amide bonds. The fourth-order valence-electron chi connectivity index (χ4n) is 1.74. The van der Waals surface area contributed by atoms with Crippen LogP contribution < -0.4 is 0 Å². The molecule has 0 saturated heterocycles. The summed E-state index contributed by atoms with van der Waals surface area (Å²) in [4.78, 5) is 11.1. The fraction of sp³-hybridized carbons (Fsp3) is 0.667. The summed E-state index contributed by atoms with van der Waals surface area (Å²) in [5, 5.41) is 0. The number of carbonyl (C=O) groups excluding carboxylic acids is 1. The van der Waals surface area contributed by atoms with Crippen molar-refractivity contribution in [3.05, 3.63) is 11.1 Å². The van der Waals surface area contributed by atoms with Crippen molar-refractivity contribution in [2.45, 2.75) is 32.6 Å². The van der Waals surface area contributed by atoms with Crippen molar-refractivity contribution in [2.24, 2.45) is 5.92 Å². The molecule has 0 aromatic carbocycles. The van der Waals surface area contributed by atoms with Crippen LogP contribution in [0.4, 0.5) is 0 Å². The van der Waals surface area contributed by atoms with E-state index in [2.05, 4.69) is 0 Å². The molecule has 0 aliphatic heterocycles. The van der Waals surface area contributed by atoms with Gasteiger partial charge in [-0.15, -0.1) is 0 Å². The Bertz CT molecular complexity index is 209. The molecule has 0 radical (unpaired) electrons. The Labute approximate surface area is 61.1 Å². The van der Waals surface area contributed by atoms with Crippen molar-refractivity contribution in [1.29, 1.82) is 0 Å². The average Bonchev–Trinajstić information content (AvgIpc) is 2.67. The second kappa shape index (κ2) is 1.94. The molecule has 0 heterocycles. The smallest absolute Gasteiger partial charge is 0.158 e. The van der Waals surface area contributed by atoms with Gasteiger partial charge in [0.2, 0.25) is 0 Å². The maximum Gasteiger partial charge on any atom is 0.158 e. The maximum absolute atomic E-state index is 11.1. The number of Topliss-reactive ketones (excluding diaryl/α,β-unsaturated/α-hetero) is 1. The summed E-state index contributed by atoms with van der Waals surface area (Å²) in [5.74, 6) is 1.20. The van der Waals surface area contributed by atoms with Gasteiger partial charge in [-0.3, -0.25) is 4.79 Å². The van der Waals surface area contributed by atoms with Crippen LogP contribution in [0.2, 0.25) is 0 Å². The Morgan fingerprint density at radius 3 is 2.40 bits per heavy atom. The van der Waals surface area contributed by atoms with Gasteiger partial charge < -0.3 is 0 Å². The Morgan fingerprint density at radius 2 is 2.00 bits per heavy atom. The first kappa shape index (κ1) is 6.14. The number of allylic oxidation sites excluding steroid dienone is 2. The van der Waals surface area contributed by atoms with E-state index in [1.165, 1.54) is 18.4 Å². The van der Waals surface area contributed by atoms with Crippen LogP contribution in [0.1, 0.15) is 32.6 Å². The molecule has 54 valence electrons. The van der Waals surface area contributed by atoms with Gasteiger partial charge in [-0.1, -0.05) is 5.57 Å². The second-order valence-electron chi connectivity index (χ2n) is 3.35. The summed E-state index contributed by atoms with van der Waals surface area (Å²) in [7, 11) is 0. The summed E-state index contributed by atoms with van der Waals surface area (Å²) >= 11 is 0. The molecule has 0 N–H and O–H groups in total. The lowest BCUT2D eigenvalue weighted by Crippen LogP contribution is -1.90. The molecule has 2 aliphatic carbocycles. The van der Waals surface area contributed by atoms with Crippen LogP contribution in [-0.2, 0) is 4.79 Å². The third kappa shape index (κ3) is 0.808. The molecule has 10 heavy (non-hydrogen) atoms. The minimum absolute atomic E-state index is 0.391. The molecule has 0 unspecified atom stereocenters. The molecule has 1 nitrogen and oxygen atoms in total. The highest BCUT2D eigenvalue weighted by molar-refractivity contribution is 5.98. The highest BCUT2D eigenvalue weighted by Gasteiger charge is 2.31. The third-order valence-electron chi connectivity index (χ3n) is 2.59. The van der Waals surface area contributed by atoms with Gasteiger partial charge in [0.15, 0.2) is 5.78 Å². The zero-order valence-corrected chi connectivity index (χ0v) is 6.31. The van der Waals surface area contributed by atoms with E-state index in [1.54, 1.807) is 0 Å². The molecule has 0 atom stereocenters. The lowest BCUT2D eigenvalue weighted by molar-refractivity contribution is -0.114. The summed E-state index contributed by atoms with van der Waals surface area (Å²) in [5.41, 5.74) is 2.56. The minimum atomic E-state index is 0.391. The molecular formula is C9H12O. The number of rotatable bonds is 1. The van der Waals surface area contributed by atoms with Gasteiger partial charge in [0.05, 0.1) is 0 Å². The first-order valence-electron chi connectivity index (χ1n) is 4.02. The number of ketones is 1. The van der Waals surface area contributed by atoms with Crippen molar-refractivity contribution in [2.75, 3.05) is 0 Å². The summed E-state index contributed by atoms with van der Waals surface area (Å²) < 4.78 is 0. The van der Waals surface area contributed by atoms with E-state index in [0.29, 0.717) is 5.78 Å². The highest BCUT2D eigenvalue weighted by Crippen LogP contribution is 2.43. The lowest BCUT2D eigenvalue weighted by atomic mass is 10.1. The van der Waals surface area contributed by atoms with Gasteiger partial charge in [0.25, 0.3) is 0 Å². The van der Waals surface area contributed by atoms with Crippen LogP contribution >= 0.6 is 0 Å². The summed E-state index contributed by atoms with van der Waals surface area (Å²) in [6.07, 6.45) is 4.52. The van der Waals surface area contributed by atoms with Gasteiger partial charge >= 0.3 is 0 Å². The monoisotopic (exact) mass is 136 g/mol. The standard InChI is InChI=1S/C9H12O/c1-6-8(7-2-3-7)4-5-9(6)10/h7H,2-5H2,1H3. The van der Waals surface area contributed by atoms with Crippen LogP contribution in [0.15, 0.2) is 11.1 Å². The predicted molar refractivity (Wildman–Crippen MR) is 39.7 cm³/mol. The summed E-state index contributed by atoms with van der Waals surface area (Å²) in [6, 6.07) is 0. The molecule has 0 spiro atoms. The van der Waals surface area contributed by atoms with Gasteiger partial charge in [-0.2, -0.15) is 0 Å². The Kier molecular flexibility index (Phi) is 1.19. The van der Waals surface area contributed by atoms with Crippen molar-refractivity contribution in [3.63, 3.8) is 0 Å². The molecule has 0 bridgehead atoms. The minimum Gasteiger partial charge on any atom is -0.295 e. The Morgan fingerprint density at radius 1 is 1.30 bits per heavy atom. The quantitative estimate of drug-likeness (QED) is 0.539. The highest BCUT2D eigenvalue weighted by atomic mass is 16.1. The van der Waals surface area contributed by atoms with E-state index in [4.69, 9.17) is 0 Å². The molecule has 2 aliphatic rings. The van der Waals surface area contributed by atoms with E-state index >= 15 is 0 Å². The Balaban J connectivity index is 2.25. The van der Waals surface area contributed by atoms with Crippen LogP contribution in [0.5, 0.6) is 0 Å². The zero-order valence-electron chi connectivity index (χ0n) is 6.31. The van der Waals surface area contributed by atoms with Crippen molar-refractivity contribution in [3.8, 4) is 0 Å². The van der Waals surface area contributed by atoms with Crippen molar-refractivity contribution < 1.29 is 4.79 Å². The molecule has 1 heteroatoms. The van der Waals surface area contributed by atoms with Gasteiger partial charge in [0, 0.05) is 6.42 Å². The second-order valence-corrected chi connectivity index (χ2v) is 3.35. The average molecular weight is 136 g/mol. The van der Waals surface area contributed by atoms with E-state index in [-0.39, 0.29) is 0 Å². The molecule has 0 aromatic rings. The number of carbonyl (C=O) groups is 1. The normalized spacial score (nSPS) is 26.3. The van der Waals surface area contributed by atoms with Gasteiger partial charge in [-0.05, 0) is 37.7 Å². The van der Waals surface area contributed by atoms with Crippen LogP contribution in [-0.4, -0.2) is 5.78 Å². The SMILES string of the molecule is CC1=C(C2CC2)CCC1=O. The van der Waals surface area contributed by atoms with Crippen molar-refractivity contribution >= 4 is 5.78 Å². The predicted octanol–water partition coefficient (Wildman–Crippen LogP) is 2.08. The largest absolute Gasteiger partial charge is 0.295 e. The Hall–Kier alpha value is -0.590. The number of hydrogen-bond donors (Lipinski definition) is 0. The molecule has 1 fully saturated rings. The van der Waals surface area contributed by atoms with Crippen LogP contribution in [0.3, 0.4) is 0 Å². The molecule has 0 aromatic heterocycles. The third-order valence-corrected chi connectivity index (χ3v) is 2.59. The van der Waals surface area contributed by atoms with E-state index in [0.717, 1.165) is 24.3 Å². The first-order chi connectivity index (χ1) is 4.79. The zero-order chi connectivity index (χ0) is 7.14. The first-order valence-corrected chi connectivity index (χ1v) is 4.02. The van der Waals surface area contributed by atoms with Gasteiger partial charge in [0.1, 0.15) is 0 Å². The summed E-state index contributed by atoms with van der Waals surface area (Å²) in [6.45, 7) is 1.99. The van der Waals surface area contributed by atoms with Crippen molar-refractivity contribution in [1.82, 2.24) is 0 Å². The van der Waals surface area contributed by atoms with Crippen LogP contribution in [0.25, 0.3) is 0 Å².